The van der Waals surface area contributed by atoms with Crippen LogP contribution in [0.2, 0.25) is 5.02 Å². The van der Waals surface area contributed by atoms with Gasteiger partial charge in [0.05, 0.1) is 31.9 Å². The third-order valence-electron chi connectivity index (χ3n) is 7.51. The molecular formula is C35H31ClFN5O3S2. The van der Waals surface area contributed by atoms with E-state index in [0.29, 0.717) is 46.6 Å². The highest BCUT2D eigenvalue weighted by Crippen LogP contribution is 2.33. The van der Waals surface area contributed by atoms with E-state index < -0.39 is 9.84 Å². The van der Waals surface area contributed by atoms with Crippen LogP contribution in [0.4, 0.5) is 15.9 Å². The summed E-state index contributed by atoms with van der Waals surface area (Å²) in [5.41, 5.74) is 3.97. The first kappa shape index (κ1) is 32.5. The molecule has 6 aromatic rings. The van der Waals surface area contributed by atoms with Gasteiger partial charge in [-0.05, 0) is 67.2 Å². The number of ether oxygens (including phenoxy) is 1. The van der Waals surface area contributed by atoms with E-state index in [1.54, 1.807) is 59.9 Å². The van der Waals surface area contributed by atoms with Gasteiger partial charge in [0, 0.05) is 41.5 Å². The van der Waals surface area contributed by atoms with Crippen LogP contribution >= 0.6 is 22.9 Å². The van der Waals surface area contributed by atoms with Gasteiger partial charge in [-0.3, -0.25) is 0 Å². The van der Waals surface area contributed by atoms with Gasteiger partial charge in [0.2, 0.25) is 0 Å². The number of rotatable bonds is 13. The fraction of sp³-hybridized carbons (Fsp3) is 0.171. The quantitative estimate of drug-likeness (QED) is 0.131. The van der Waals surface area contributed by atoms with Crippen molar-refractivity contribution in [2.75, 3.05) is 31.2 Å². The van der Waals surface area contributed by atoms with Crippen molar-refractivity contribution in [3.8, 4) is 17.0 Å². The van der Waals surface area contributed by atoms with Gasteiger partial charge in [0.15, 0.2) is 9.84 Å². The minimum Gasteiger partial charge on any atom is -0.487 e. The number of anilines is 2. The summed E-state index contributed by atoms with van der Waals surface area (Å²) < 4.78 is 44.6. The second-order valence-electron chi connectivity index (χ2n) is 11.0. The molecule has 0 bridgehead atoms. The molecule has 8 nitrogen and oxygen atoms in total. The first-order valence-electron chi connectivity index (χ1n) is 14.8. The number of nitrogens with zero attached hydrogens (tertiary/aromatic N) is 4. The third kappa shape index (κ3) is 8.30. The lowest BCUT2D eigenvalue weighted by Gasteiger charge is -2.15. The first-order valence-corrected chi connectivity index (χ1v) is 17.7. The minimum absolute atomic E-state index is 0.0624. The molecule has 0 amide bonds. The van der Waals surface area contributed by atoms with E-state index in [1.807, 2.05) is 47.7 Å². The molecule has 0 unspecified atom stereocenters. The van der Waals surface area contributed by atoms with Crippen molar-refractivity contribution < 1.29 is 17.5 Å². The van der Waals surface area contributed by atoms with Crippen LogP contribution in [-0.4, -0.2) is 54.2 Å². The molecule has 0 saturated heterocycles. The molecule has 2 aromatic heterocycles. The fourth-order valence-corrected chi connectivity index (χ4v) is 7.31. The molecule has 1 N–H and O–H groups in total. The summed E-state index contributed by atoms with van der Waals surface area (Å²) in [5.74, 6) is 0.845. The Balaban J connectivity index is 1.09. The van der Waals surface area contributed by atoms with E-state index in [0.717, 1.165) is 32.9 Å². The second kappa shape index (κ2) is 14.6. The molecule has 0 spiro atoms. The summed E-state index contributed by atoms with van der Waals surface area (Å²) in [6, 6.07) is 26.1. The second-order valence-corrected chi connectivity index (χ2v) is 14.4. The summed E-state index contributed by atoms with van der Waals surface area (Å²) in [7, 11) is -1.40. The van der Waals surface area contributed by atoms with Crippen LogP contribution in [-0.2, 0) is 22.9 Å². The lowest BCUT2D eigenvalue weighted by molar-refractivity contribution is 0.306. The number of thiazole rings is 1. The molecule has 0 radical (unpaired) electrons. The fourth-order valence-electron chi connectivity index (χ4n) is 4.91. The zero-order valence-corrected chi connectivity index (χ0v) is 27.8. The molecule has 0 atom stereocenters. The molecule has 0 saturated carbocycles. The molecule has 6 rings (SSSR count). The average Bonchev–Trinajstić information content (AvgIpc) is 3.56. The van der Waals surface area contributed by atoms with Crippen molar-refractivity contribution in [2.45, 2.75) is 17.9 Å². The summed E-state index contributed by atoms with van der Waals surface area (Å²) in [6.07, 6.45) is 2.21. The summed E-state index contributed by atoms with van der Waals surface area (Å²) >= 11 is 8.10. The van der Waals surface area contributed by atoms with Gasteiger partial charge in [-0.1, -0.05) is 48.0 Å². The molecule has 0 aliphatic carbocycles. The smallest absolute Gasteiger partial charge is 0.179 e. The zero-order chi connectivity index (χ0) is 32.8. The standard InChI is InChI=1S/C35H31ClFN5O3S2/c1-42(16-17-47(43,44)28-8-3-2-4-9-28)15-14-34-41-32(22-46-34)25-10-12-31-29(19-25)35(39-23-38-31)40-27-11-13-33(30(36)20-27)45-21-24-6-5-7-26(37)18-24/h2-13,18-20,22-23H,14-17,21H2,1H3,(H,38,39,40). The van der Waals surface area contributed by atoms with Crippen molar-refractivity contribution in [3.05, 3.63) is 124 Å². The Morgan fingerprint density at radius 2 is 1.81 bits per heavy atom. The summed E-state index contributed by atoms with van der Waals surface area (Å²) in [5, 5.41) is 7.56. The molecule has 4 aromatic carbocycles. The Morgan fingerprint density at radius 1 is 0.957 bits per heavy atom. The molecule has 12 heteroatoms. The van der Waals surface area contributed by atoms with E-state index >= 15 is 0 Å². The lowest BCUT2D eigenvalue weighted by atomic mass is 10.1. The van der Waals surface area contributed by atoms with E-state index in [-0.39, 0.29) is 18.2 Å². The van der Waals surface area contributed by atoms with Crippen LogP contribution in [0.15, 0.2) is 108 Å². The van der Waals surface area contributed by atoms with Gasteiger partial charge in [0.1, 0.15) is 30.3 Å². The SMILES string of the molecule is CN(CCc1nc(-c2ccc3ncnc(Nc4ccc(OCc5cccc(F)c5)c(Cl)c4)c3c2)cs1)CCS(=O)(=O)c1ccccc1. The first-order chi connectivity index (χ1) is 22.7. The summed E-state index contributed by atoms with van der Waals surface area (Å²) in [6.45, 7) is 1.32. The van der Waals surface area contributed by atoms with Gasteiger partial charge in [0.25, 0.3) is 0 Å². The molecule has 240 valence electrons. The number of hydrogen-bond donors (Lipinski definition) is 1. The average molecular weight is 688 g/mol. The normalized spacial score (nSPS) is 11.7. The number of hydrogen-bond acceptors (Lipinski definition) is 9. The van der Waals surface area contributed by atoms with Crippen LogP contribution in [0.5, 0.6) is 5.75 Å². The maximum Gasteiger partial charge on any atom is 0.179 e. The van der Waals surface area contributed by atoms with Crippen LogP contribution in [0.3, 0.4) is 0 Å². The van der Waals surface area contributed by atoms with Crippen LogP contribution < -0.4 is 10.1 Å². The van der Waals surface area contributed by atoms with Gasteiger partial charge in [-0.25, -0.2) is 27.8 Å². The van der Waals surface area contributed by atoms with Crippen LogP contribution in [0, 0.1) is 5.82 Å². The predicted molar refractivity (Wildman–Crippen MR) is 186 cm³/mol. The lowest BCUT2D eigenvalue weighted by Crippen LogP contribution is -2.27. The van der Waals surface area contributed by atoms with Gasteiger partial charge in [-0.2, -0.15) is 0 Å². The molecule has 47 heavy (non-hydrogen) atoms. The van der Waals surface area contributed by atoms with Crippen LogP contribution in [0.1, 0.15) is 10.6 Å². The molecule has 2 heterocycles. The number of halogens is 2. The number of benzene rings is 4. The maximum absolute atomic E-state index is 13.5. The van der Waals surface area contributed by atoms with Crippen LogP contribution in [0.25, 0.3) is 22.2 Å². The topological polar surface area (TPSA) is 97.3 Å². The molecule has 0 fully saturated rings. The predicted octanol–water partition coefficient (Wildman–Crippen LogP) is 7.82. The van der Waals surface area contributed by atoms with Crippen molar-refractivity contribution in [3.63, 3.8) is 0 Å². The Hall–Kier alpha value is -4.42. The van der Waals surface area contributed by atoms with Gasteiger partial charge in [-0.15, -0.1) is 11.3 Å². The minimum atomic E-state index is -3.32. The molecular weight excluding hydrogens is 657 g/mol. The molecule has 0 aliphatic rings. The van der Waals surface area contributed by atoms with E-state index in [1.165, 1.54) is 18.5 Å². The number of nitrogens with one attached hydrogen (secondary N) is 1. The summed E-state index contributed by atoms with van der Waals surface area (Å²) in [4.78, 5) is 16.1. The number of aromatic nitrogens is 3. The monoisotopic (exact) mass is 687 g/mol. The third-order valence-corrected chi connectivity index (χ3v) is 10.4. The van der Waals surface area contributed by atoms with Crippen molar-refractivity contribution >= 4 is 55.2 Å². The Labute approximate surface area is 281 Å². The number of likely N-dealkylation sites (N-methyl/N-ethyl adjacent to an activating group) is 1. The highest BCUT2D eigenvalue weighted by molar-refractivity contribution is 7.91. The van der Waals surface area contributed by atoms with E-state index in [2.05, 4.69) is 15.3 Å². The maximum atomic E-state index is 13.5. The van der Waals surface area contributed by atoms with Crippen molar-refractivity contribution in [2.24, 2.45) is 0 Å². The zero-order valence-electron chi connectivity index (χ0n) is 25.4. The van der Waals surface area contributed by atoms with Gasteiger partial charge >= 0.3 is 0 Å². The van der Waals surface area contributed by atoms with Gasteiger partial charge < -0.3 is 15.0 Å². The largest absolute Gasteiger partial charge is 0.487 e. The highest BCUT2D eigenvalue weighted by Gasteiger charge is 2.16. The van der Waals surface area contributed by atoms with E-state index in [9.17, 15) is 12.8 Å². The highest BCUT2D eigenvalue weighted by atomic mass is 35.5. The van der Waals surface area contributed by atoms with Crippen molar-refractivity contribution in [1.82, 2.24) is 19.9 Å². The van der Waals surface area contributed by atoms with E-state index in [4.69, 9.17) is 21.3 Å². The molecule has 0 aliphatic heterocycles. The Kier molecular flexibility index (Phi) is 10.1. The van der Waals surface area contributed by atoms with Crippen molar-refractivity contribution in [1.29, 1.82) is 0 Å². The number of fused-ring (bicyclic) bond motifs is 1. The number of sulfone groups is 1. The Morgan fingerprint density at radius 3 is 2.62 bits per heavy atom. The Bertz CT molecular complexity index is 2110.